The van der Waals surface area contributed by atoms with Crippen LogP contribution in [-0.4, -0.2) is 39.3 Å². The first-order valence-corrected chi connectivity index (χ1v) is 5.66. The van der Waals surface area contributed by atoms with Crippen molar-refractivity contribution in [2.24, 2.45) is 5.73 Å². The number of rotatable bonds is 5. The molecule has 0 aliphatic rings. The molecule has 0 aromatic heterocycles. The molecule has 0 heterocycles. The first-order chi connectivity index (χ1) is 6.22. The van der Waals surface area contributed by atoms with Crippen LogP contribution in [0.3, 0.4) is 0 Å². The maximum atomic E-state index is 11.3. The predicted molar refractivity (Wildman–Crippen MR) is 52.1 cm³/mol. The minimum Gasteiger partial charge on any atom is -0.468 e. The highest BCUT2D eigenvalue weighted by Gasteiger charge is 2.25. The molecule has 7 heteroatoms. The maximum Gasteiger partial charge on any atom is 0.322 e. The Kier molecular flexibility index (Phi) is 4.50. The van der Waals surface area contributed by atoms with Gasteiger partial charge in [0.25, 0.3) is 0 Å². The summed E-state index contributed by atoms with van der Waals surface area (Å²) in [5, 5.41) is 0. The first kappa shape index (κ1) is 13.3. The molecule has 0 aliphatic carbocycles. The molecule has 0 saturated carbocycles. The molecule has 0 saturated heterocycles. The molecule has 0 bridgehead atoms. The number of carbonyl (C=O) groups excluding carboxylic acids is 1. The van der Waals surface area contributed by atoms with Crippen LogP contribution in [-0.2, 0) is 19.6 Å². The molecule has 14 heavy (non-hydrogen) atoms. The first-order valence-electron chi connectivity index (χ1n) is 4.01. The molecule has 0 unspecified atom stereocenters. The number of carbonyl (C=O) groups is 1. The summed E-state index contributed by atoms with van der Waals surface area (Å²) in [5.74, 6) is -1.49. The second kappa shape index (κ2) is 4.72. The van der Waals surface area contributed by atoms with Crippen LogP contribution < -0.4 is 10.5 Å². The fraction of sp³-hybridized carbons (Fsp3) is 0.857. The Morgan fingerprint density at radius 3 is 2.36 bits per heavy atom. The van der Waals surface area contributed by atoms with Crippen LogP contribution >= 0.6 is 0 Å². The molecule has 3 N–H and O–H groups in total. The monoisotopic (exact) mass is 224 g/mol. The Labute approximate surface area is 83.9 Å². The van der Waals surface area contributed by atoms with E-state index in [-0.39, 0.29) is 6.54 Å². The lowest BCUT2D eigenvalue weighted by molar-refractivity contribution is -0.137. The fourth-order valence-electron chi connectivity index (χ4n) is 0.713. The summed E-state index contributed by atoms with van der Waals surface area (Å²) >= 11 is 0. The topological polar surface area (TPSA) is 98.5 Å². The lowest BCUT2D eigenvalue weighted by Crippen LogP contribution is -2.50. The van der Waals surface area contributed by atoms with Gasteiger partial charge in [-0.3, -0.25) is 4.79 Å². The van der Waals surface area contributed by atoms with Crippen molar-refractivity contribution in [3.8, 4) is 0 Å². The molecule has 0 radical (unpaired) electrons. The van der Waals surface area contributed by atoms with Crippen LogP contribution in [0, 0.1) is 0 Å². The van der Waals surface area contributed by atoms with E-state index in [9.17, 15) is 13.2 Å². The van der Waals surface area contributed by atoms with E-state index in [1.54, 1.807) is 13.8 Å². The summed E-state index contributed by atoms with van der Waals surface area (Å²) in [6.45, 7) is 3.40. The zero-order valence-corrected chi connectivity index (χ0v) is 9.35. The normalized spacial score (nSPS) is 12.6. The van der Waals surface area contributed by atoms with Gasteiger partial charge in [0.15, 0.2) is 5.75 Å². The molecule has 0 spiro atoms. The van der Waals surface area contributed by atoms with Crippen molar-refractivity contribution in [3.63, 3.8) is 0 Å². The molecule has 0 amide bonds. The van der Waals surface area contributed by atoms with E-state index in [0.29, 0.717) is 0 Å². The Morgan fingerprint density at radius 1 is 1.50 bits per heavy atom. The molecule has 0 rings (SSSR count). The number of methoxy groups -OCH3 is 1. The Bertz CT molecular complexity index is 297. The second-order valence-corrected chi connectivity index (χ2v) is 5.25. The zero-order chi connectivity index (χ0) is 11.4. The highest BCUT2D eigenvalue weighted by atomic mass is 32.2. The third-order valence-corrected chi connectivity index (χ3v) is 2.96. The van der Waals surface area contributed by atoms with Gasteiger partial charge in [0.1, 0.15) is 0 Å². The van der Waals surface area contributed by atoms with Gasteiger partial charge in [0.05, 0.1) is 7.11 Å². The molecular weight excluding hydrogens is 208 g/mol. The van der Waals surface area contributed by atoms with Crippen LogP contribution in [0.4, 0.5) is 0 Å². The molecule has 0 aliphatic heterocycles. The number of ether oxygens (including phenoxy) is 1. The van der Waals surface area contributed by atoms with E-state index in [1.807, 2.05) is 0 Å². The molecule has 0 aromatic carbocycles. The average molecular weight is 224 g/mol. The van der Waals surface area contributed by atoms with Crippen LogP contribution in [0.5, 0.6) is 0 Å². The number of hydrogen-bond acceptors (Lipinski definition) is 5. The van der Waals surface area contributed by atoms with Crippen molar-refractivity contribution in [1.29, 1.82) is 0 Å². The highest BCUT2D eigenvalue weighted by molar-refractivity contribution is 7.90. The van der Waals surface area contributed by atoms with Crippen molar-refractivity contribution in [2.75, 3.05) is 19.4 Å². The van der Waals surface area contributed by atoms with Crippen molar-refractivity contribution in [1.82, 2.24) is 4.72 Å². The summed E-state index contributed by atoms with van der Waals surface area (Å²) in [6, 6.07) is 0. The number of hydrogen-bond donors (Lipinski definition) is 2. The van der Waals surface area contributed by atoms with Crippen molar-refractivity contribution in [3.05, 3.63) is 0 Å². The highest BCUT2D eigenvalue weighted by Crippen LogP contribution is 2.02. The van der Waals surface area contributed by atoms with Crippen LogP contribution in [0.1, 0.15) is 13.8 Å². The van der Waals surface area contributed by atoms with Gasteiger partial charge >= 0.3 is 5.97 Å². The third-order valence-electron chi connectivity index (χ3n) is 1.48. The smallest absolute Gasteiger partial charge is 0.322 e. The van der Waals surface area contributed by atoms with E-state index in [4.69, 9.17) is 5.73 Å². The molecule has 84 valence electrons. The van der Waals surface area contributed by atoms with Crippen LogP contribution in [0.2, 0.25) is 0 Å². The van der Waals surface area contributed by atoms with Gasteiger partial charge in [0, 0.05) is 12.1 Å². The van der Waals surface area contributed by atoms with Crippen molar-refractivity contribution >= 4 is 16.0 Å². The minimum atomic E-state index is -3.67. The summed E-state index contributed by atoms with van der Waals surface area (Å²) in [6.07, 6.45) is 0. The Hall–Kier alpha value is -0.660. The van der Waals surface area contributed by atoms with Crippen molar-refractivity contribution < 1.29 is 17.9 Å². The Balaban J connectivity index is 4.44. The second-order valence-electron chi connectivity index (χ2n) is 3.53. The number of nitrogens with one attached hydrogen (secondary N) is 1. The summed E-state index contributed by atoms with van der Waals surface area (Å²) in [4.78, 5) is 10.7. The minimum absolute atomic E-state index is 0.146. The number of sulfonamides is 1. The fourth-order valence-corrected chi connectivity index (χ4v) is 2.14. The summed E-state index contributed by atoms with van der Waals surface area (Å²) in [5.41, 5.74) is 4.58. The lowest BCUT2D eigenvalue weighted by atomic mass is 10.1. The largest absolute Gasteiger partial charge is 0.468 e. The van der Waals surface area contributed by atoms with E-state index in [2.05, 4.69) is 9.46 Å². The molecular formula is C7H16N2O4S. The summed E-state index contributed by atoms with van der Waals surface area (Å²) < 4.78 is 29.2. The maximum absolute atomic E-state index is 11.3. The lowest BCUT2D eigenvalue weighted by Gasteiger charge is -2.23. The molecule has 0 aromatic rings. The number of nitrogens with two attached hydrogens (primary N) is 1. The van der Waals surface area contributed by atoms with Gasteiger partial charge in [0.2, 0.25) is 10.0 Å². The Morgan fingerprint density at radius 2 is 2.00 bits per heavy atom. The number of esters is 1. The average Bonchev–Trinajstić information content (AvgIpc) is 2.01. The standard InChI is InChI=1S/C7H16N2O4S/c1-7(2,5-8)9-14(11,12)4-6(10)13-3/h9H,4-5,8H2,1-3H3. The quantitative estimate of drug-likeness (QED) is 0.572. The molecule has 0 atom stereocenters. The van der Waals surface area contributed by atoms with Crippen molar-refractivity contribution in [2.45, 2.75) is 19.4 Å². The third kappa shape index (κ3) is 5.15. The SMILES string of the molecule is COC(=O)CS(=O)(=O)NC(C)(C)CN. The van der Waals surface area contributed by atoms with Gasteiger partial charge < -0.3 is 10.5 Å². The van der Waals surface area contributed by atoms with E-state index in [1.165, 1.54) is 0 Å². The van der Waals surface area contributed by atoms with Gasteiger partial charge in [-0.2, -0.15) is 0 Å². The zero-order valence-electron chi connectivity index (χ0n) is 8.53. The van der Waals surface area contributed by atoms with Gasteiger partial charge in [-0.15, -0.1) is 0 Å². The summed E-state index contributed by atoms with van der Waals surface area (Å²) in [7, 11) is -2.54. The van der Waals surface area contributed by atoms with Gasteiger partial charge in [-0.1, -0.05) is 0 Å². The van der Waals surface area contributed by atoms with Crippen LogP contribution in [0.15, 0.2) is 0 Å². The molecule has 0 fully saturated rings. The van der Waals surface area contributed by atoms with E-state index >= 15 is 0 Å². The van der Waals surface area contributed by atoms with Gasteiger partial charge in [-0.05, 0) is 13.8 Å². The predicted octanol–water partition coefficient (Wildman–Crippen LogP) is -1.18. The van der Waals surface area contributed by atoms with E-state index < -0.39 is 27.3 Å². The van der Waals surface area contributed by atoms with Gasteiger partial charge in [-0.25, -0.2) is 13.1 Å². The van der Waals surface area contributed by atoms with Crippen LogP contribution in [0.25, 0.3) is 0 Å². The molecule has 6 nitrogen and oxygen atoms in total. The van der Waals surface area contributed by atoms with E-state index in [0.717, 1.165) is 7.11 Å².